The fraction of sp³-hybridized carbons (Fsp3) is 0.0435. The first kappa shape index (κ1) is 16.8. The van der Waals surface area contributed by atoms with Crippen LogP contribution in [0.1, 0.15) is 11.1 Å². The number of fused-ring (bicyclic) bond motifs is 1. The minimum absolute atomic E-state index is 0.00965. The van der Waals surface area contributed by atoms with Gasteiger partial charge in [0.25, 0.3) is 0 Å². The number of hydrogen-bond acceptors (Lipinski definition) is 2. The van der Waals surface area contributed by atoms with E-state index >= 15 is 0 Å². The van der Waals surface area contributed by atoms with E-state index in [1.54, 1.807) is 6.08 Å². The summed E-state index contributed by atoms with van der Waals surface area (Å²) in [4.78, 5) is 22.9. The van der Waals surface area contributed by atoms with Gasteiger partial charge in [-0.1, -0.05) is 54.6 Å². The van der Waals surface area contributed by atoms with Gasteiger partial charge >= 0.3 is 0 Å². The Bertz CT molecular complexity index is 1070. The van der Waals surface area contributed by atoms with Crippen molar-refractivity contribution in [3.8, 4) is 22.3 Å². The topological polar surface area (TPSA) is 72.2 Å². The Balaban J connectivity index is 1.81. The number of carbonyl (C=O) groups excluding carboxylic acids is 2. The molecule has 1 aliphatic rings. The summed E-state index contributed by atoms with van der Waals surface area (Å²) in [6.07, 6.45) is 3.51. The van der Waals surface area contributed by atoms with Gasteiger partial charge in [-0.05, 0) is 51.6 Å². The number of benzene rings is 3. The summed E-state index contributed by atoms with van der Waals surface area (Å²) in [5, 5.41) is 2.88. The third-order valence-corrected chi connectivity index (χ3v) is 4.63. The zero-order valence-corrected chi connectivity index (χ0v) is 14.6. The van der Waals surface area contributed by atoms with Gasteiger partial charge in [0.1, 0.15) is 0 Å². The van der Waals surface area contributed by atoms with Crippen molar-refractivity contribution in [1.82, 2.24) is 0 Å². The molecule has 4 rings (SSSR count). The molecule has 0 spiro atoms. The first-order valence-corrected chi connectivity index (χ1v) is 8.70. The second-order valence-electron chi connectivity index (χ2n) is 6.50. The Morgan fingerprint density at radius 3 is 2.48 bits per heavy atom. The average Bonchev–Trinajstić information content (AvgIpc) is 3.06. The average molecular weight is 354 g/mol. The summed E-state index contributed by atoms with van der Waals surface area (Å²) in [6, 6.07) is 22.1. The standard InChI is InChI=1S/C23H18N2O2/c24-22(26)11-9-17-12-16(15-4-2-1-3-5-15)8-10-20(17)18-6-7-19-14-23(27)25-21(19)13-18/h1-13H,14H2,(H2,24,26)(H,25,27)/b11-9+. The Labute approximate surface area is 157 Å². The van der Waals surface area contributed by atoms with Gasteiger partial charge in [0.2, 0.25) is 11.8 Å². The molecule has 0 aliphatic carbocycles. The molecular formula is C23H18N2O2. The summed E-state index contributed by atoms with van der Waals surface area (Å²) in [6.45, 7) is 0. The summed E-state index contributed by atoms with van der Waals surface area (Å²) >= 11 is 0. The SMILES string of the molecule is NC(=O)/C=C/c1cc(-c2ccccc2)ccc1-c1ccc2c(c1)NC(=O)C2. The molecule has 2 amide bonds. The molecule has 1 aliphatic heterocycles. The van der Waals surface area contributed by atoms with Crippen molar-refractivity contribution >= 4 is 23.6 Å². The molecule has 3 aromatic rings. The third-order valence-electron chi connectivity index (χ3n) is 4.63. The van der Waals surface area contributed by atoms with E-state index in [9.17, 15) is 9.59 Å². The molecule has 0 saturated heterocycles. The molecular weight excluding hydrogens is 336 g/mol. The van der Waals surface area contributed by atoms with E-state index in [1.165, 1.54) is 6.08 Å². The summed E-state index contributed by atoms with van der Waals surface area (Å²) < 4.78 is 0. The lowest BCUT2D eigenvalue weighted by atomic mass is 9.93. The number of amides is 2. The van der Waals surface area contributed by atoms with Crippen LogP contribution >= 0.6 is 0 Å². The van der Waals surface area contributed by atoms with Crippen LogP contribution in [0.2, 0.25) is 0 Å². The molecule has 0 fully saturated rings. The minimum atomic E-state index is -0.493. The first-order chi connectivity index (χ1) is 13.1. The van der Waals surface area contributed by atoms with Crippen LogP contribution in [0.3, 0.4) is 0 Å². The molecule has 0 radical (unpaired) electrons. The fourth-order valence-corrected chi connectivity index (χ4v) is 3.33. The van der Waals surface area contributed by atoms with Gasteiger partial charge in [0.05, 0.1) is 6.42 Å². The van der Waals surface area contributed by atoms with Crippen LogP contribution in [0.5, 0.6) is 0 Å². The number of nitrogens with two attached hydrogens (primary N) is 1. The quantitative estimate of drug-likeness (QED) is 0.695. The highest BCUT2D eigenvalue weighted by atomic mass is 16.2. The number of carbonyl (C=O) groups is 2. The van der Waals surface area contributed by atoms with Gasteiger partial charge < -0.3 is 11.1 Å². The largest absolute Gasteiger partial charge is 0.366 e. The van der Waals surface area contributed by atoms with Crippen molar-refractivity contribution < 1.29 is 9.59 Å². The molecule has 0 atom stereocenters. The minimum Gasteiger partial charge on any atom is -0.366 e. The number of hydrogen-bond donors (Lipinski definition) is 2. The zero-order valence-electron chi connectivity index (χ0n) is 14.6. The highest BCUT2D eigenvalue weighted by Crippen LogP contribution is 2.34. The van der Waals surface area contributed by atoms with Crippen molar-refractivity contribution in [3.63, 3.8) is 0 Å². The molecule has 3 aromatic carbocycles. The highest BCUT2D eigenvalue weighted by Gasteiger charge is 2.18. The lowest BCUT2D eigenvalue weighted by molar-refractivity contribution is -0.115. The molecule has 0 unspecified atom stereocenters. The molecule has 4 nitrogen and oxygen atoms in total. The molecule has 0 bridgehead atoms. The third kappa shape index (κ3) is 3.51. The van der Waals surface area contributed by atoms with Crippen LogP contribution in [0.15, 0.2) is 72.8 Å². The normalized spacial score (nSPS) is 12.8. The lowest BCUT2D eigenvalue weighted by Crippen LogP contribution is -2.05. The monoisotopic (exact) mass is 354 g/mol. The highest BCUT2D eigenvalue weighted by molar-refractivity contribution is 6.00. The molecule has 0 saturated carbocycles. The van der Waals surface area contributed by atoms with Crippen molar-refractivity contribution in [3.05, 3.63) is 83.9 Å². The van der Waals surface area contributed by atoms with Gasteiger partial charge in [-0.15, -0.1) is 0 Å². The lowest BCUT2D eigenvalue weighted by Gasteiger charge is -2.11. The molecule has 0 aromatic heterocycles. The Morgan fingerprint density at radius 2 is 1.70 bits per heavy atom. The van der Waals surface area contributed by atoms with E-state index in [1.807, 2.05) is 60.7 Å². The van der Waals surface area contributed by atoms with Crippen molar-refractivity contribution in [1.29, 1.82) is 0 Å². The van der Waals surface area contributed by atoms with Crippen LogP contribution in [0.25, 0.3) is 28.3 Å². The number of primary amides is 1. The maximum atomic E-state index is 11.6. The van der Waals surface area contributed by atoms with Gasteiger partial charge in [0.15, 0.2) is 0 Å². The van der Waals surface area contributed by atoms with E-state index in [2.05, 4.69) is 11.4 Å². The molecule has 3 N–H and O–H groups in total. The Morgan fingerprint density at radius 1 is 0.926 bits per heavy atom. The van der Waals surface area contributed by atoms with Crippen molar-refractivity contribution in [2.45, 2.75) is 6.42 Å². The number of rotatable bonds is 4. The zero-order chi connectivity index (χ0) is 18.8. The first-order valence-electron chi connectivity index (χ1n) is 8.70. The molecule has 1 heterocycles. The van der Waals surface area contributed by atoms with Crippen LogP contribution < -0.4 is 11.1 Å². The summed E-state index contributed by atoms with van der Waals surface area (Å²) in [7, 11) is 0. The fourth-order valence-electron chi connectivity index (χ4n) is 3.33. The van der Waals surface area contributed by atoms with Gasteiger partial charge in [-0.3, -0.25) is 9.59 Å². The van der Waals surface area contributed by atoms with Crippen LogP contribution in [0.4, 0.5) is 5.69 Å². The van der Waals surface area contributed by atoms with E-state index in [4.69, 9.17) is 5.73 Å². The predicted molar refractivity (Wildman–Crippen MR) is 108 cm³/mol. The number of anilines is 1. The summed E-state index contributed by atoms with van der Waals surface area (Å²) in [5.41, 5.74) is 12.1. The molecule has 4 heteroatoms. The van der Waals surface area contributed by atoms with Crippen molar-refractivity contribution in [2.24, 2.45) is 5.73 Å². The van der Waals surface area contributed by atoms with E-state index < -0.39 is 5.91 Å². The predicted octanol–water partition coefficient (Wildman–Crippen LogP) is 4.01. The number of nitrogens with one attached hydrogen (secondary N) is 1. The Hall–Kier alpha value is -3.66. The second-order valence-corrected chi connectivity index (χ2v) is 6.50. The van der Waals surface area contributed by atoms with E-state index in [-0.39, 0.29) is 5.91 Å². The summed E-state index contributed by atoms with van der Waals surface area (Å²) in [5.74, 6) is -0.484. The van der Waals surface area contributed by atoms with Crippen molar-refractivity contribution in [2.75, 3.05) is 5.32 Å². The van der Waals surface area contributed by atoms with E-state index in [0.717, 1.165) is 39.1 Å². The Kier molecular flexibility index (Phi) is 4.30. The van der Waals surface area contributed by atoms with Crippen LogP contribution in [-0.2, 0) is 16.0 Å². The molecule has 132 valence electrons. The van der Waals surface area contributed by atoms with Crippen LogP contribution in [0, 0.1) is 0 Å². The maximum absolute atomic E-state index is 11.6. The van der Waals surface area contributed by atoms with E-state index in [0.29, 0.717) is 6.42 Å². The second kappa shape index (κ2) is 6.92. The van der Waals surface area contributed by atoms with Gasteiger partial charge in [-0.25, -0.2) is 0 Å². The van der Waals surface area contributed by atoms with Gasteiger partial charge in [0, 0.05) is 11.8 Å². The maximum Gasteiger partial charge on any atom is 0.241 e. The molecule has 27 heavy (non-hydrogen) atoms. The van der Waals surface area contributed by atoms with Crippen LogP contribution in [-0.4, -0.2) is 11.8 Å². The smallest absolute Gasteiger partial charge is 0.241 e. The van der Waals surface area contributed by atoms with Gasteiger partial charge in [-0.2, -0.15) is 0 Å².